The van der Waals surface area contributed by atoms with Crippen LogP contribution in [0.2, 0.25) is 0 Å². The third kappa shape index (κ3) is 5.19. The van der Waals surface area contributed by atoms with Gasteiger partial charge in [-0.1, -0.05) is 17.7 Å². The first-order valence-electron chi connectivity index (χ1n) is 8.95. The highest BCUT2D eigenvalue weighted by Crippen LogP contribution is 2.23. The Morgan fingerprint density at radius 2 is 1.26 bits per heavy atom. The molecule has 0 spiro atoms. The van der Waals surface area contributed by atoms with Crippen LogP contribution in [0.3, 0.4) is 0 Å². The average molecular weight is 462 g/mol. The molecule has 3 aromatic rings. The van der Waals surface area contributed by atoms with Gasteiger partial charge in [0.2, 0.25) is 0 Å². The number of aryl methyl sites for hydroxylation is 2. The average Bonchev–Trinajstić information content (AvgIpc) is 2.70. The van der Waals surface area contributed by atoms with E-state index in [4.69, 9.17) is 0 Å². The Hall–Kier alpha value is -3.44. The fourth-order valence-corrected chi connectivity index (χ4v) is 4.98. The quantitative estimate of drug-likeness (QED) is 0.406. The van der Waals surface area contributed by atoms with Gasteiger partial charge in [0.15, 0.2) is 0 Å². The normalized spacial score (nSPS) is 11.7. The molecule has 9 nitrogen and oxygen atoms in total. The summed E-state index contributed by atoms with van der Waals surface area (Å²) in [6.45, 7) is 3.70. The molecule has 0 atom stereocenters. The van der Waals surface area contributed by atoms with Crippen molar-refractivity contribution in [3.8, 4) is 0 Å². The predicted octanol–water partition coefficient (Wildman–Crippen LogP) is 3.81. The third-order valence-electron chi connectivity index (χ3n) is 4.40. The third-order valence-corrected chi connectivity index (χ3v) is 7.18. The van der Waals surface area contributed by atoms with Crippen LogP contribution < -0.4 is 9.44 Å². The van der Waals surface area contributed by atoms with E-state index in [2.05, 4.69) is 9.44 Å². The standard InChI is InChI=1S/C20H19N3O6S2/c1-14-3-12-20(15(2)13-14)22-31(28,29)18-8-4-16(5-9-18)21-30(26,27)19-10-6-17(7-11-19)23(24)25/h3-13,21-22H,1-2H3. The highest BCUT2D eigenvalue weighted by atomic mass is 32.2. The summed E-state index contributed by atoms with van der Waals surface area (Å²) in [5.74, 6) is 0. The van der Waals surface area contributed by atoms with Gasteiger partial charge in [-0.05, 0) is 61.9 Å². The largest absolute Gasteiger partial charge is 0.280 e. The number of benzene rings is 3. The van der Waals surface area contributed by atoms with Gasteiger partial charge >= 0.3 is 0 Å². The van der Waals surface area contributed by atoms with E-state index >= 15 is 0 Å². The number of nitro benzene ring substituents is 1. The Balaban J connectivity index is 1.78. The number of nitrogens with zero attached hydrogens (tertiary/aromatic N) is 1. The molecule has 0 aliphatic heterocycles. The monoisotopic (exact) mass is 461 g/mol. The molecule has 3 aromatic carbocycles. The van der Waals surface area contributed by atoms with E-state index in [1.165, 1.54) is 24.3 Å². The topological polar surface area (TPSA) is 135 Å². The number of nitro groups is 1. The second-order valence-electron chi connectivity index (χ2n) is 6.80. The molecule has 3 rings (SSSR count). The molecule has 0 saturated heterocycles. The first-order valence-corrected chi connectivity index (χ1v) is 11.9. The molecule has 0 aliphatic carbocycles. The summed E-state index contributed by atoms with van der Waals surface area (Å²) in [7, 11) is -7.87. The lowest BCUT2D eigenvalue weighted by atomic mass is 10.1. The van der Waals surface area contributed by atoms with Crippen LogP contribution in [0.1, 0.15) is 11.1 Å². The second-order valence-corrected chi connectivity index (χ2v) is 10.2. The molecule has 0 heterocycles. The summed E-state index contributed by atoms with van der Waals surface area (Å²) in [6.07, 6.45) is 0. The van der Waals surface area contributed by atoms with E-state index in [1.54, 1.807) is 19.1 Å². The number of hydrogen-bond acceptors (Lipinski definition) is 6. The van der Waals surface area contributed by atoms with Gasteiger partial charge in [0.1, 0.15) is 0 Å². The van der Waals surface area contributed by atoms with Crippen molar-refractivity contribution >= 4 is 37.1 Å². The van der Waals surface area contributed by atoms with Gasteiger partial charge in [0.05, 0.1) is 20.4 Å². The Labute approximate surface area is 180 Å². The number of anilines is 2. The zero-order valence-corrected chi connectivity index (χ0v) is 18.2. The summed E-state index contributed by atoms with van der Waals surface area (Å²) in [5, 5.41) is 10.7. The van der Waals surface area contributed by atoms with E-state index in [1.807, 2.05) is 13.0 Å². The molecule has 0 radical (unpaired) electrons. The molecular formula is C20H19N3O6S2. The van der Waals surface area contributed by atoms with Gasteiger partial charge in [0, 0.05) is 17.8 Å². The van der Waals surface area contributed by atoms with Crippen LogP contribution in [-0.4, -0.2) is 21.8 Å². The first-order chi connectivity index (χ1) is 14.5. The molecule has 2 N–H and O–H groups in total. The molecular weight excluding hydrogens is 442 g/mol. The molecule has 0 saturated carbocycles. The maximum Gasteiger partial charge on any atom is 0.269 e. The fourth-order valence-electron chi connectivity index (χ4n) is 2.80. The Bertz CT molecular complexity index is 1330. The SMILES string of the molecule is Cc1ccc(NS(=O)(=O)c2ccc(NS(=O)(=O)c3ccc([N+](=O)[O-])cc3)cc2)c(C)c1. The Morgan fingerprint density at radius 3 is 1.77 bits per heavy atom. The summed E-state index contributed by atoms with van der Waals surface area (Å²) in [6, 6.07) is 14.9. The molecule has 162 valence electrons. The molecule has 0 aromatic heterocycles. The minimum atomic E-state index is -4.00. The summed E-state index contributed by atoms with van der Waals surface area (Å²) in [4.78, 5) is 9.87. The molecule has 0 fully saturated rings. The van der Waals surface area contributed by atoms with E-state index in [-0.39, 0.29) is 21.2 Å². The van der Waals surface area contributed by atoms with Crippen LogP contribution in [0, 0.1) is 24.0 Å². The zero-order chi connectivity index (χ0) is 22.8. The van der Waals surface area contributed by atoms with Crippen LogP contribution in [0.4, 0.5) is 17.1 Å². The van der Waals surface area contributed by atoms with Crippen molar-refractivity contribution in [3.05, 3.63) is 88.0 Å². The van der Waals surface area contributed by atoms with Gasteiger partial charge in [-0.25, -0.2) is 16.8 Å². The van der Waals surface area contributed by atoms with E-state index in [9.17, 15) is 26.9 Å². The smallest absolute Gasteiger partial charge is 0.269 e. The molecule has 31 heavy (non-hydrogen) atoms. The summed E-state index contributed by atoms with van der Waals surface area (Å²) < 4.78 is 55.0. The van der Waals surface area contributed by atoms with Gasteiger partial charge in [0.25, 0.3) is 25.7 Å². The number of sulfonamides is 2. The predicted molar refractivity (Wildman–Crippen MR) is 117 cm³/mol. The number of nitrogens with one attached hydrogen (secondary N) is 2. The molecule has 0 aliphatic rings. The van der Waals surface area contributed by atoms with Crippen molar-refractivity contribution in [1.82, 2.24) is 0 Å². The minimum absolute atomic E-state index is 0.0363. The van der Waals surface area contributed by atoms with Crippen LogP contribution in [0.25, 0.3) is 0 Å². The maximum absolute atomic E-state index is 12.6. The Kier molecular flexibility index (Phi) is 6.00. The molecule has 11 heteroatoms. The lowest BCUT2D eigenvalue weighted by Crippen LogP contribution is -2.15. The van der Waals surface area contributed by atoms with Crippen molar-refractivity contribution in [2.45, 2.75) is 23.6 Å². The summed E-state index contributed by atoms with van der Waals surface area (Å²) in [5.41, 5.74) is 2.14. The van der Waals surface area contributed by atoms with Crippen LogP contribution >= 0.6 is 0 Å². The lowest BCUT2D eigenvalue weighted by Gasteiger charge is -2.12. The van der Waals surface area contributed by atoms with Gasteiger partial charge < -0.3 is 0 Å². The lowest BCUT2D eigenvalue weighted by molar-refractivity contribution is -0.384. The van der Waals surface area contributed by atoms with Crippen molar-refractivity contribution in [2.75, 3.05) is 9.44 Å². The van der Waals surface area contributed by atoms with E-state index in [0.717, 1.165) is 35.4 Å². The fraction of sp³-hybridized carbons (Fsp3) is 0.100. The van der Waals surface area contributed by atoms with Gasteiger partial charge in [-0.3, -0.25) is 19.6 Å². The van der Waals surface area contributed by atoms with E-state index in [0.29, 0.717) is 5.69 Å². The molecule has 0 unspecified atom stereocenters. The number of rotatable bonds is 7. The van der Waals surface area contributed by atoms with Gasteiger partial charge in [-0.15, -0.1) is 0 Å². The number of hydrogen-bond donors (Lipinski definition) is 2. The molecule has 0 bridgehead atoms. The van der Waals surface area contributed by atoms with Crippen molar-refractivity contribution in [2.24, 2.45) is 0 Å². The first kappa shape index (κ1) is 22.2. The van der Waals surface area contributed by atoms with Crippen molar-refractivity contribution < 1.29 is 21.8 Å². The zero-order valence-electron chi connectivity index (χ0n) is 16.6. The Morgan fingerprint density at radius 1 is 0.742 bits per heavy atom. The minimum Gasteiger partial charge on any atom is -0.280 e. The number of non-ortho nitro benzene ring substituents is 1. The summed E-state index contributed by atoms with van der Waals surface area (Å²) >= 11 is 0. The van der Waals surface area contributed by atoms with Crippen molar-refractivity contribution in [1.29, 1.82) is 0 Å². The van der Waals surface area contributed by atoms with Crippen LogP contribution in [0.15, 0.2) is 76.5 Å². The second kappa shape index (κ2) is 8.36. The maximum atomic E-state index is 12.6. The van der Waals surface area contributed by atoms with Crippen LogP contribution in [0.5, 0.6) is 0 Å². The van der Waals surface area contributed by atoms with E-state index < -0.39 is 25.0 Å². The highest BCUT2D eigenvalue weighted by Gasteiger charge is 2.18. The van der Waals surface area contributed by atoms with Crippen molar-refractivity contribution in [3.63, 3.8) is 0 Å². The van der Waals surface area contributed by atoms with Gasteiger partial charge in [-0.2, -0.15) is 0 Å². The van der Waals surface area contributed by atoms with Crippen LogP contribution in [-0.2, 0) is 20.0 Å². The highest BCUT2D eigenvalue weighted by molar-refractivity contribution is 7.93. The molecule has 0 amide bonds.